The Morgan fingerprint density at radius 2 is 2.06 bits per heavy atom. The fraction of sp³-hybridized carbons (Fsp3) is 0.786. The molecule has 0 aromatic carbocycles. The van der Waals surface area contributed by atoms with Crippen LogP contribution in [0.2, 0.25) is 0 Å². The monoisotopic (exact) mass is 238 g/mol. The number of hydrogen-bond donors (Lipinski definition) is 0. The Morgan fingerprint density at radius 1 is 1.25 bits per heavy atom. The van der Waals surface area contributed by atoms with Crippen molar-refractivity contribution < 1.29 is 4.79 Å². The SMILES string of the molecule is CC1(C(=O)C2=CCCCCCC2)CCCS1. The minimum absolute atomic E-state index is 0.0922. The first-order valence-corrected chi connectivity index (χ1v) is 7.59. The quantitative estimate of drug-likeness (QED) is 0.720. The highest BCUT2D eigenvalue weighted by Crippen LogP contribution is 2.41. The van der Waals surface area contributed by atoms with E-state index in [0.717, 1.165) is 30.6 Å². The zero-order chi connectivity index (χ0) is 11.4. The summed E-state index contributed by atoms with van der Waals surface area (Å²) in [6.07, 6.45) is 11.8. The lowest BCUT2D eigenvalue weighted by atomic mass is 9.89. The summed E-state index contributed by atoms with van der Waals surface area (Å²) in [5.41, 5.74) is 1.14. The Morgan fingerprint density at radius 3 is 2.81 bits per heavy atom. The Balaban J connectivity index is 2.06. The first kappa shape index (κ1) is 12.2. The van der Waals surface area contributed by atoms with E-state index in [2.05, 4.69) is 13.0 Å². The lowest BCUT2D eigenvalue weighted by Gasteiger charge is -2.23. The molecule has 1 aliphatic carbocycles. The van der Waals surface area contributed by atoms with Crippen molar-refractivity contribution in [2.24, 2.45) is 0 Å². The van der Waals surface area contributed by atoms with Crippen LogP contribution >= 0.6 is 11.8 Å². The third-order valence-electron chi connectivity index (χ3n) is 3.78. The first-order valence-electron chi connectivity index (χ1n) is 6.60. The van der Waals surface area contributed by atoms with Crippen molar-refractivity contribution in [3.8, 4) is 0 Å². The molecule has 2 rings (SSSR count). The molecule has 1 atom stereocenters. The molecule has 1 nitrogen and oxygen atoms in total. The van der Waals surface area contributed by atoms with Crippen molar-refractivity contribution in [2.75, 3.05) is 5.75 Å². The predicted octanol–water partition coefficient (Wildman–Crippen LogP) is 4.12. The summed E-state index contributed by atoms with van der Waals surface area (Å²) in [7, 11) is 0. The third-order valence-corrected chi connectivity index (χ3v) is 5.30. The van der Waals surface area contributed by atoms with Crippen molar-refractivity contribution in [1.29, 1.82) is 0 Å². The highest BCUT2D eigenvalue weighted by molar-refractivity contribution is 8.01. The van der Waals surface area contributed by atoms with Crippen LogP contribution in [0, 0.1) is 0 Å². The van der Waals surface area contributed by atoms with E-state index in [1.807, 2.05) is 11.8 Å². The summed E-state index contributed by atoms with van der Waals surface area (Å²) in [6, 6.07) is 0. The molecular weight excluding hydrogens is 216 g/mol. The van der Waals surface area contributed by atoms with Crippen molar-refractivity contribution >= 4 is 17.5 Å². The number of ketones is 1. The van der Waals surface area contributed by atoms with E-state index in [0.29, 0.717) is 5.78 Å². The second-order valence-corrected chi connectivity index (χ2v) is 6.79. The van der Waals surface area contributed by atoms with Gasteiger partial charge in [0, 0.05) is 0 Å². The van der Waals surface area contributed by atoms with Gasteiger partial charge in [0.2, 0.25) is 0 Å². The summed E-state index contributed by atoms with van der Waals surface area (Å²) in [5.74, 6) is 1.60. The number of Topliss-reactive ketones (excluding diaryl/α,β-unsaturated/α-hetero) is 1. The minimum atomic E-state index is -0.0922. The van der Waals surface area contributed by atoms with Gasteiger partial charge in [0.15, 0.2) is 5.78 Å². The van der Waals surface area contributed by atoms with Gasteiger partial charge >= 0.3 is 0 Å². The van der Waals surface area contributed by atoms with E-state index in [-0.39, 0.29) is 4.75 Å². The maximum Gasteiger partial charge on any atom is 0.174 e. The highest BCUT2D eigenvalue weighted by atomic mass is 32.2. The second-order valence-electron chi connectivity index (χ2n) is 5.19. The fourth-order valence-corrected chi connectivity index (χ4v) is 3.99. The van der Waals surface area contributed by atoms with Gasteiger partial charge in [-0.3, -0.25) is 4.79 Å². The van der Waals surface area contributed by atoms with Gasteiger partial charge in [0.05, 0.1) is 4.75 Å². The molecule has 0 radical (unpaired) electrons. The summed E-state index contributed by atoms with van der Waals surface area (Å²) in [5, 5.41) is 0. The highest BCUT2D eigenvalue weighted by Gasteiger charge is 2.38. The molecule has 0 aromatic heterocycles. The Hall–Kier alpha value is -0.240. The minimum Gasteiger partial charge on any atom is -0.293 e. The molecular formula is C14H22OS. The molecule has 1 heterocycles. The second kappa shape index (κ2) is 5.39. The van der Waals surface area contributed by atoms with E-state index in [1.165, 1.54) is 32.1 Å². The standard InChI is InChI=1S/C14H22OS/c1-14(10-7-11-16-14)13(15)12-8-5-3-2-4-6-9-12/h8H,2-7,9-11H2,1H3. The van der Waals surface area contributed by atoms with Crippen LogP contribution in [0.3, 0.4) is 0 Å². The maximum absolute atomic E-state index is 12.5. The number of carbonyl (C=O) groups excluding carboxylic acids is 1. The summed E-state index contributed by atoms with van der Waals surface area (Å²) < 4.78 is -0.0922. The van der Waals surface area contributed by atoms with Crippen LogP contribution in [0.25, 0.3) is 0 Å². The normalized spacial score (nSPS) is 31.7. The number of thioether (sulfide) groups is 1. The molecule has 0 amide bonds. The molecule has 1 fully saturated rings. The van der Waals surface area contributed by atoms with Gasteiger partial charge in [-0.25, -0.2) is 0 Å². The van der Waals surface area contributed by atoms with Gasteiger partial charge in [-0.05, 0) is 56.8 Å². The lowest BCUT2D eigenvalue weighted by molar-refractivity contribution is -0.117. The Kier molecular flexibility index (Phi) is 4.12. The smallest absolute Gasteiger partial charge is 0.174 e. The van der Waals surface area contributed by atoms with E-state index < -0.39 is 0 Å². The van der Waals surface area contributed by atoms with E-state index >= 15 is 0 Å². The topological polar surface area (TPSA) is 17.1 Å². The maximum atomic E-state index is 12.5. The van der Waals surface area contributed by atoms with Crippen LogP contribution in [0.1, 0.15) is 58.3 Å². The van der Waals surface area contributed by atoms with Gasteiger partial charge in [0.1, 0.15) is 0 Å². The Bertz CT molecular complexity index is 287. The summed E-state index contributed by atoms with van der Waals surface area (Å²) in [6.45, 7) is 2.15. The molecule has 0 spiro atoms. The fourth-order valence-electron chi connectivity index (χ4n) is 2.70. The van der Waals surface area contributed by atoms with E-state index in [1.54, 1.807) is 0 Å². The molecule has 90 valence electrons. The van der Waals surface area contributed by atoms with Crippen molar-refractivity contribution in [3.63, 3.8) is 0 Å². The van der Waals surface area contributed by atoms with Crippen LogP contribution in [-0.2, 0) is 4.79 Å². The van der Waals surface area contributed by atoms with Crippen molar-refractivity contribution in [2.45, 2.75) is 63.0 Å². The third kappa shape index (κ3) is 2.71. The average molecular weight is 238 g/mol. The lowest BCUT2D eigenvalue weighted by Crippen LogP contribution is -2.30. The summed E-state index contributed by atoms with van der Waals surface area (Å²) >= 11 is 1.87. The Labute approximate surface area is 103 Å². The van der Waals surface area contributed by atoms with Crippen molar-refractivity contribution in [3.05, 3.63) is 11.6 Å². The van der Waals surface area contributed by atoms with E-state index in [4.69, 9.17) is 0 Å². The van der Waals surface area contributed by atoms with Crippen LogP contribution in [0.4, 0.5) is 0 Å². The van der Waals surface area contributed by atoms with Crippen LogP contribution in [0.15, 0.2) is 11.6 Å². The largest absolute Gasteiger partial charge is 0.293 e. The molecule has 0 saturated carbocycles. The van der Waals surface area contributed by atoms with Gasteiger partial charge in [-0.2, -0.15) is 0 Å². The van der Waals surface area contributed by atoms with E-state index in [9.17, 15) is 4.79 Å². The molecule has 0 aromatic rings. The van der Waals surface area contributed by atoms with Crippen molar-refractivity contribution in [1.82, 2.24) is 0 Å². The van der Waals surface area contributed by atoms with Gasteiger partial charge in [0.25, 0.3) is 0 Å². The molecule has 2 aliphatic rings. The molecule has 1 saturated heterocycles. The molecule has 1 aliphatic heterocycles. The molecule has 2 heteroatoms. The molecule has 1 unspecified atom stereocenters. The van der Waals surface area contributed by atoms with Crippen LogP contribution < -0.4 is 0 Å². The van der Waals surface area contributed by atoms with Gasteiger partial charge in [-0.15, -0.1) is 11.8 Å². The van der Waals surface area contributed by atoms with Gasteiger partial charge < -0.3 is 0 Å². The molecule has 0 bridgehead atoms. The number of hydrogen-bond acceptors (Lipinski definition) is 2. The summed E-state index contributed by atoms with van der Waals surface area (Å²) in [4.78, 5) is 12.5. The first-order chi connectivity index (χ1) is 7.72. The van der Waals surface area contributed by atoms with Crippen LogP contribution in [0.5, 0.6) is 0 Å². The van der Waals surface area contributed by atoms with Crippen LogP contribution in [-0.4, -0.2) is 16.3 Å². The number of carbonyl (C=O) groups is 1. The average Bonchev–Trinajstić information content (AvgIpc) is 2.65. The zero-order valence-electron chi connectivity index (χ0n) is 10.3. The zero-order valence-corrected chi connectivity index (χ0v) is 11.1. The molecule has 0 N–H and O–H groups in total. The number of rotatable bonds is 2. The predicted molar refractivity (Wildman–Crippen MR) is 70.9 cm³/mol. The van der Waals surface area contributed by atoms with Gasteiger partial charge in [-0.1, -0.05) is 18.9 Å². The number of allylic oxidation sites excluding steroid dienone is 2. The molecule has 16 heavy (non-hydrogen) atoms.